The molecule has 7 nitrogen and oxygen atoms in total. The minimum atomic E-state index is -3.23. The Labute approximate surface area is 213 Å². The third-order valence-corrected chi connectivity index (χ3v) is 7.93. The average molecular weight is 548 g/mol. The van der Waals surface area contributed by atoms with E-state index in [-0.39, 0.29) is 23.1 Å². The summed E-state index contributed by atoms with van der Waals surface area (Å²) in [5, 5.41) is 4.22. The van der Waals surface area contributed by atoms with Gasteiger partial charge >= 0.3 is 12.4 Å². The van der Waals surface area contributed by atoms with Crippen LogP contribution in [0.25, 0.3) is 11.4 Å². The van der Waals surface area contributed by atoms with E-state index in [9.17, 15) is 22.4 Å². The quantitative estimate of drug-likeness (QED) is 0.290. The van der Waals surface area contributed by atoms with Crippen molar-refractivity contribution in [1.82, 2.24) is 15.1 Å². The van der Waals surface area contributed by atoms with Crippen LogP contribution in [-0.2, 0) is 0 Å². The first-order valence-corrected chi connectivity index (χ1v) is 12.6. The van der Waals surface area contributed by atoms with Crippen molar-refractivity contribution in [3.63, 3.8) is 0 Å². The number of alkyl halides is 4. The molecule has 37 heavy (non-hydrogen) atoms. The lowest BCUT2D eigenvalue weighted by molar-refractivity contribution is -0.0547. The zero-order valence-corrected chi connectivity index (χ0v) is 21.1. The first kappa shape index (κ1) is 27.1. The van der Waals surface area contributed by atoms with Crippen molar-refractivity contribution >= 4 is 11.3 Å². The molecule has 2 aromatic heterocycles. The zero-order valence-electron chi connectivity index (χ0n) is 20.3. The van der Waals surface area contributed by atoms with E-state index >= 15 is 4.39 Å². The highest BCUT2D eigenvalue weighted by molar-refractivity contribution is 7.11. The van der Waals surface area contributed by atoms with Crippen LogP contribution >= 0.6 is 11.3 Å². The fourth-order valence-electron chi connectivity index (χ4n) is 4.58. The summed E-state index contributed by atoms with van der Waals surface area (Å²) < 4.78 is 83.3. The molecule has 1 unspecified atom stereocenters. The predicted molar refractivity (Wildman–Crippen MR) is 125 cm³/mol. The fraction of sp³-hybridized carbons (Fsp3) is 0.542. The highest BCUT2D eigenvalue weighted by Gasteiger charge is 2.38. The SMILES string of the molecule is CCC(Oc1cc(OC(F)F)c(-c2noc(=O)[nH]2)cc1F)c1sc([C@H]2CC[C@H](C(C)(F)F)CC2)nc1C. The molecule has 3 aromatic rings. The number of nitrogens with one attached hydrogen (secondary N) is 1. The number of aryl methyl sites for hydroxylation is 1. The van der Waals surface area contributed by atoms with Gasteiger partial charge < -0.3 is 9.47 Å². The van der Waals surface area contributed by atoms with Crippen LogP contribution in [0.1, 0.15) is 73.6 Å². The summed E-state index contributed by atoms with van der Waals surface area (Å²) in [5.41, 5.74) is 0.435. The second-order valence-corrected chi connectivity index (χ2v) is 10.2. The molecule has 202 valence electrons. The van der Waals surface area contributed by atoms with Crippen molar-refractivity contribution in [2.45, 2.75) is 77.4 Å². The number of H-pyrrole nitrogens is 1. The summed E-state index contributed by atoms with van der Waals surface area (Å²) >= 11 is 1.39. The second kappa shape index (κ2) is 10.8. The van der Waals surface area contributed by atoms with Gasteiger partial charge in [-0.1, -0.05) is 12.1 Å². The summed E-state index contributed by atoms with van der Waals surface area (Å²) in [7, 11) is 0. The van der Waals surface area contributed by atoms with Gasteiger partial charge in [0.25, 0.3) is 0 Å². The van der Waals surface area contributed by atoms with Crippen LogP contribution in [0.5, 0.6) is 11.5 Å². The standard InChI is InChI=1S/C24H26F5N3O4S/c1-4-16(19-11(2)30-21(37-19)12-5-7-13(8-6-12)24(3,28)29)34-18-10-17(35-22(26)27)14(9-15(18)25)20-31-23(33)36-32-20/h9-10,12-13,16,22H,4-8H2,1-3H3,(H,31,32,33)/t12-,13-,16?. The number of nitrogens with zero attached hydrogens (tertiary/aromatic N) is 2. The maximum atomic E-state index is 15.0. The topological polar surface area (TPSA) is 90.2 Å². The number of ether oxygens (including phenoxy) is 2. The van der Waals surface area contributed by atoms with Crippen molar-refractivity contribution in [2.24, 2.45) is 5.92 Å². The summed E-state index contributed by atoms with van der Waals surface area (Å²) in [6.45, 7) is 1.34. The number of aromatic amines is 1. The largest absolute Gasteiger partial charge is 0.482 e. The third-order valence-electron chi connectivity index (χ3n) is 6.52. The lowest BCUT2D eigenvalue weighted by Crippen LogP contribution is -2.28. The van der Waals surface area contributed by atoms with E-state index in [1.807, 2.05) is 6.92 Å². The van der Waals surface area contributed by atoms with E-state index in [0.717, 1.165) is 28.9 Å². The lowest BCUT2D eigenvalue weighted by atomic mass is 9.79. The van der Waals surface area contributed by atoms with E-state index < -0.39 is 41.9 Å². The Morgan fingerprint density at radius 2 is 1.89 bits per heavy atom. The minimum Gasteiger partial charge on any atom is -0.482 e. The van der Waals surface area contributed by atoms with E-state index in [2.05, 4.69) is 24.4 Å². The Hall–Kier alpha value is -2.96. The predicted octanol–water partition coefficient (Wildman–Crippen LogP) is 6.99. The molecule has 0 aliphatic heterocycles. The molecule has 0 spiro atoms. The van der Waals surface area contributed by atoms with Crippen molar-refractivity contribution < 1.29 is 35.9 Å². The Morgan fingerprint density at radius 1 is 1.19 bits per heavy atom. The summed E-state index contributed by atoms with van der Waals surface area (Å²) in [4.78, 5) is 18.8. The van der Waals surface area contributed by atoms with Crippen LogP contribution < -0.4 is 15.2 Å². The zero-order chi connectivity index (χ0) is 26.9. The van der Waals surface area contributed by atoms with Gasteiger partial charge in [0.2, 0.25) is 5.92 Å². The molecule has 1 fully saturated rings. The highest BCUT2D eigenvalue weighted by Crippen LogP contribution is 2.45. The molecule has 1 atom stereocenters. The van der Waals surface area contributed by atoms with Gasteiger partial charge in [-0.3, -0.25) is 9.51 Å². The van der Waals surface area contributed by atoms with E-state index in [1.165, 1.54) is 11.3 Å². The number of hydrogen-bond acceptors (Lipinski definition) is 7. The summed E-state index contributed by atoms with van der Waals surface area (Å²) in [6.07, 6.45) is 1.81. The maximum Gasteiger partial charge on any atom is 0.439 e. The summed E-state index contributed by atoms with van der Waals surface area (Å²) in [5.74, 6) is -6.20. The molecule has 1 aliphatic rings. The molecule has 0 amide bonds. The molecule has 0 saturated heterocycles. The van der Waals surface area contributed by atoms with Crippen molar-refractivity contribution in [1.29, 1.82) is 0 Å². The van der Waals surface area contributed by atoms with Crippen LogP contribution in [-0.4, -0.2) is 27.7 Å². The van der Waals surface area contributed by atoms with Gasteiger partial charge in [-0.05, 0) is 52.0 Å². The number of thiazole rings is 1. The van der Waals surface area contributed by atoms with E-state index in [1.54, 1.807) is 6.92 Å². The van der Waals surface area contributed by atoms with E-state index in [0.29, 0.717) is 37.8 Å². The number of halogens is 5. The Balaban J connectivity index is 1.57. The number of aromatic nitrogens is 3. The molecule has 1 saturated carbocycles. The summed E-state index contributed by atoms with van der Waals surface area (Å²) in [6, 6.07) is 1.83. The van der Waals surface area contributed by atoms with Crippen LogP contribution in [0.15, 0.2) is 21.5 Å². The number of rotatable bonds is 9. The number of hydrogen-bond donors (Lipinski definition) is 1. The van der Waals surface area contributed by atoms with Crippen molar-refractivity contribution in [3.05, 3.63) is 44.1 Å². The molecule has 1 aromatic carbocycles. The monoisotopic (exact) mass is 547 g/mol. The van der Waals surface area contributed by atoms with Crippen molar-refractivity contribution in [3.8, 4) is 22.9 Å². The third kappa shape index (κ3) is 6.13. The average Bonchev–Trinajstić information content (AvgIpc) is 3.44. The molecular weight excluding hydrogens is 521 g/mol. The molecule has 2 heterocycles. The van der Waals surface area contributed by atoms with Gasteiger partial charge in [0, 0.05) is 17.9 Å². The lowest BCUT2D eigenvalue weighted by Gasteiger charge is -2.31. The van der Waals surface area contributed by atoms with Gasteiger partial charge in [-0.2, -0.15) is 8.78 Å². The molecule has 4 rings (SSSR count). The van der Waals surface area contributed by atoms with E-state index in [4.69, 9.17) is 4.74 Å². The smallest absolute Gasteiger partial charge is 0.439 e. The minimum absolute atomic E-state index is 0.0558. The second-order valence-electron chi connectivity index (χ2n) is 9.12. The molecular formula is C24H26F5N3O4S. The molecule has 1 N–H and O–H groups in total. The van der Waals surface area contributed by atoms with Gasteiger partial charge in [0.05, 0.1) is 21.1 Å². The first-order valence-electron chi connectivity index (χ1n) is 11.8. The molecule has 13 heteroatoms. The number of benzene rings is 1. The van der Waals surface area contributed by atoms with Crippen LogP contribution in [0.3, 0.4) is 0 Å². The van der Waals surface area contributed by atoms with Gasteiger partial charge in [-0.15, -0.1) is 11.3 Å². The maximum absolute atomic E-state index is 15.0. The van der Waals surface area contributed by atoms with Gasteiger partial charge in [-0.25, -0.2) is 22.9 Å². The van der Waals surface area contributed by atoms with Crippen molar-refractivity contribution in [2.75, 3.05) is 0 Å². The molecule has 0 bridgehead atoms. The Kier molecular flexibility index (Phi) is 7.91. The first-order chi connectivity index (χ1) is 17.5. The fourth-order valence-corrected chi connectivity index (χ4v) is 5.93. The molecule has 1 aliphatic carbocycles. The van der Waals surface area contributed by atoms with Crippen LogP contribution in [0.2, 0.25) is 0 Å². The van der Waals surface area contributed by atoms with Crippen LogP contribution in [0.4, 0.5) is 22.0 Å². The van der Waals surface area contributed by atoms with Crippen LogP contribution in [0, 0.1) is 18.7 Å². The normalized spacial score (nSPS) is 19.3. The Morgan fingerprint density at radius 3 is 2.46 bits per heavy atom. The molecule has 0 radical (unpaired) electrons. The van der Waals surface area contributed by atoms with Gasteiger partial charge in [0.1, 0.15) is 11.9 Å². The Bertz CT molecular complexity index is 1280. The highest BCUT2D eigenvalue weighted by atomic mass is 32.1. The van der Waals surface area contributed by atoms with Gasteiger partial charge in [0.15, 0.2) is 17.4 Å².